The first-order chi connectivity index (χ1) is 8.16. The molecule has 0 atom stereocenters. The summed E-state index contributed by atoms with van der Waals surface area (Å²) in [5.74, 6) is 2.67. The number of ketones is 1. The average Bonchev–Trinajstić information content (AvgIpc) is 2.82. The van der Waals surface area contributed by atoms with E-state index in [-0.39, 0.29) is 5.78 Å². The topological polar surface area (TPSA) is 20.3 Å². The van der Waals surface area contributed by atoms with Crippen molar-refractivity contribution in [2.75, 3.05) is 13.1 Å². The normalized spacial score (nSPS) is 14.4. The average molecular weight is 227 g/mol. The zero-order valence-corrected chi connectivity index (χ0v) is 10.4. The lowest BCUT2D eigenvalue weighted by molar-refractivity contribution is 0.105. The fourth-order valence-corrected chi connectivity index (χ4v) is 2.01. The SMILES string of the molecule is Cc1ccc(C)c(C(=O)C#CN2CCCC2)c1. The third-order valence-corrected chi connectivity index (χ3v) is 3.07. The van der Waals surface area contributed by atoms with Crippen LogP contribution in [0.5, 0.6) is 0 Å². The monoisotopic (exact) mass is 227 g/mol. The van der Waals surface area contributed by atoms with E-state index in [9.17, 15) is 4.79 Å². The Morgan fingerprint density at radius 3 is 2.65 bits per heavy atom. The predicted octanol–water partition coefficient (Wildman–Crippen LogP) is 2.54. The lowest BCUT2D eigenvalue weighted by atomic mass is 10.0. The highest BCUT2D eigenvalue weighted by Crippen LogP contribution is 2.11. The third-order valence-electron chi connectivity index (χ3n) is 3.07. The summed E-state index contributed by atoms with van der Waals surface area (Å²) in [4.78, 5) is 14.0. The largest absolute Gasteiger partial charge is 0.332 e. The quantitative estimate of drug-likeness (QED) is 0.543. The summed E-state index contributed by atoms with van der Waals surface area (Å²) in [7, 11) is 0. The molecular weight excluding hydrogens is 210 g/mol. The molecule has 0 aromatic heterocycles. The molecule has 2 nitrogen and oxygen atoms in total. The van der Waals surface area contributed by atoms with E-state index < -0.39 is 0 Å². The van der Waals surface area contributed by atoms with Crippen molar-refractivity contribution in [3.05, 3.63) is 34.9 Å². The molecule has 0 amide bonds. The maximum atomic E-state index is 12.0. The lowest BCUT2D eigenvalue weighted by Gasteiger charge is -2.06. The first-order valence-electron chi connectivity index (χ1n) is 6.05. The maximum absolute atomic E-state index is 12.0. The van der Waals surface area contributed by atoms with Crippen LogP contribution in [-0.2, 0) is 0 Å². The Morgan fingerprint density at radius 1 is 1.24 bits per heavy atom. The Bertz CT molecular complexity index is 487. The Labute approximate surface area is 103 Å². The Kier molecular flexibility index (Phi) is 3.49. The van der Waals surface area contributed by atoms with Crippen LogP contribution in [0.3, 0.4) is 0 Å². The van der Waals surface area contributed by atoms with Crippen LogP contribution in [0, 0.1) is 25.8 Å². The second-order valence-corrected chi connectivity index (χ2v) is 4.58. The first-order valence-corrected chi connectivity index (χ1v) is 6.05. The molecule has 0 aliphatic carbocycles. The van der Waals surface area contributed by atoms with Gasteiger partial charge in [-0.25, -0.2) is 0 Å². The molecule has 1 fully saturated rings. The molecule has 1 aromatic carbocycles. The summed E-state index contributed by atoms with van der Waals surface area (Å²) in [6.07, 6.45) is 2.37. The van der Waals surface area contributed by atoms with Gasteiger partial charge in [-0.3, -0.25) is 4.79 Å². The van der Waals surface area contributed by atoms with Gasteiger partial charge in [-0.2, -0.15) is 0 Å². The van der Waals surface area contributed by atoms with Gasteiger partial charge in [0.15, 0.2) is 0 Å². The Hall–Kier alpha value is -1.75. The van der Waals surface area contributed by atoms with Gasteiger partial charge in [-0.15, -0.1) is 0 Å². The summed E-state index contributed by atoms with van der Waals surface area (Å²) in [5.41, 5.74) is 2.83. The Balaban J connectivity index is 2.16. The number of Topliss-reactive ketones (excluding diaryl/α,β-unsaturated/α-hetero) is 1. The summed E-state index contributed by atoms with van der Waals surface area (Å²) >= 11 is 0. The van der Waals surface area contributed by atoms with Crippen LogP contribution in [0.2, 0.25) is 0 Å². The van der Waals surface area contributed by atoms with Crippen LogP contribution in [0.25, 0.3) is 0 Å². The number of rotatable bonds is 1. The summed E-state index contributed by atoms with van der Waals surface area (Å²) in [6.45, 7) is 5.93. The third kappa shape index (κ3) is 2.88. The van der Waals surface area contributed by atoms with Crippen molar-refractivity contribution in [2.45, 2.75) is 26.7 Å². The fourth-order valence-electron chi connectivity index (χ4n) is 2.01. The number of carbonyl (C=O) groups is 1. The van der Waals surface area contributed by atoms with Crippen LogP contribution >= 0.6 is 0 Å². The molecule has 1 aliphatic rings. The van der Waals surface area contributed by atoms with E-state index >= 15 is 0 Å². The summed E-state index contributed by atoms with van der Waals surface area (Å²) < 4.78 is 0. The van der Waals surface area contributed by atoms with Crippen molar-refractivity contribution < 1.29 is 4.79 Å². The molecule has 0 bridgehead atoms. The standard InChI is InChI=1S/C15H17NO/c1-12-5-6-13(2)14(11-12)15(17)7-10-16-8-3-4-9-16/h5-6,11H,3-4,8-9H2,1-2H3. The molecule has 0 unspecified atom stereocenters. The number of hydrogen-bond donors (Lipinski definition) is 0. The minimum Gasteiger partial charge on any atom is -0.332 e. The van der Waals surface area contributed by atoms with Gasteiger partial charge >= 0.3 is 0 Å². The van der Waals surface area contributed by atoms with E-state index in [1.807, 2.05) is 36.9 Å². The molecule has 1 heterocycles. The molecule has 0 saturated carbocycles. The van der Waals surface area contributed by atoms with E-state index in [2.05, 4.69) is 12.0 Å². The number of nitrogens with zero attached hydrogens (tertiary/aromatic N) is 1. The van der Waals surface area contributed by atoms with Crippen molar-refractivity contribution >= 4 is 5.78 Å². The van der Waals surface area contributed by atoms with Gasteiger partial charge in [0.1, 0.15) is 0 Å². The van der Waals surface area contributed by atoms with Crippen LogP contribution in [0.4, 0.5) is 0 Å². The number of aryl methyl sites for hydroxylation is 2. The van der Waals surface area contributed by atoms with E-state index in [1.54, 1.807) is 0 Å². The summed E-state index contributed by atoms with van der Waals surface area (Å²) in [6, 6.07) is 8.86. The molecular formula is C15H17NO. The van der Waals surface area contributed by atoms with E-state index in [4.69, 9.17) is 0 Å². The number of likely N-dealkylation sites (tertiary alicyclic amines) is 1. The molecule has 0 radical (unpaired) electrons. The zero-order valence-electron chi connectivity index (χ0n) is 10.4. The van der Waals surface area contributed by atoms with Gasteiger partial charge in [0.2, 0.25) is 5.78 Å². The van der Waals surface area contributed by atoms with Crippen molar-refractivity contribution in [1.82, 2.24) is 4.90 Å². The molecule has 88 valence electrons. The molecule has 1 aliphatic heterocycles. The molecule has 0 spiro atoms. The molecule has 0 N–H and O–H groups in total. The molecule has 1 aromatic rings. The van der Waals surface area contributed by atoms with Gasteiger partial charge in [0.25, 0.3) is 0 Å². The van der Waals surface area contributed by atoms with E-state index in [0.717, 1.165) is 29.8 Å². The smallest absolute Gasteiger partial charge is 0.237 e. The number of hydrogen-bond acceptors (Lipinski definition) is 2. The van der Waals surface area contributed by atoms with Crippen molar-refractivity contribution in [3.8, 4) is 12.0 Å². The second-order valence-electron chi connectivity index (χ2n) is 4.58. The molecule has 17 heavy (non-hydrogen) atoms. The van der Waals surface area contributed by atoms with Gasteiger partial charge < -0.3 is 4.90 Å². The lowest BCUT2D eigenvalue weighted by Crippen LogP contribution is -2.12. The highest BCUT2D eigenvalue weighted by Gasteiger charge is 2.09. The van der Waals surface area contributed by atoms with Gasteiger partial charge in [0, 0.05) is 24.7 Å². The van der Waals surface area contributed by atoms with Crippen LogP contribution in [-0.4, -0.2) is 23.8 Å². The van der Waals surface area contributed by atoms with Crippen molar-refractivity contribution in [3.63, 3.8) is 0 Å². The minimum absolute atomic E-state index is 0.0712. The number of carbonyl (C=O) groups excluding carboxylic acids is 1. The van der Waals surface area contributed by atoms with Crippen LogP contribution in [0.1, 0.15) is 34.3 Å². The number of benzene rings is 1. The summed E-state index contributed by atoms with van der Waals surface area (Å²) in [5, 5.41) is 0. The van der Waals surface area contributed by atoms with Gasteiger partial charge in [-0.05, 0) is 44.2 Å². The van der Waals surface area contributed by atoms with Crippen LogP contribution < -0.4 is 0 Å². The maximum Gasteiger partial charge on any atom is 0.237 e. The van der Waals surface area contributed by atoms with E-state index in [0.29, 0.717) is 0 Å². The molecule has 1 saturated heterocycles. The molecule has 2 rings (SSSR count). The van der Waals surface area contributed by atoms with Crippen molar-refractivity contribution in [2.24, 2.45) is 0 Å². The fraction of sp³-hybridized carbons (Fsp3) is 0.400. The van der Waals surface area contributed by atoms with Crippen molar-refractivity contribution in [1.29, 1.82) is 0 Å². The first kappa shape index (κ1) is 11.7. The Morgan fingerprint density at radius 2 is 1.94 bits per heavy atom. The van der Waals surface area contributed by atoms with Gasteiger partial charge in [0.05, 0.1) is 0 Å². The second kappa shape index (κ2) is 5.05. The predicted molar refractivity (Wildman–Crippen MR) is 68.8 cm³/mol. The highest BCUT2D eigenvalue weighted by molar-refractivity contribution is 6.09. The highest BCUT2D eigenvalue weighted by atomic mass is 16.1. The van der Waals surface area contributed by atoms with Gasteiger partial charge in [-0.1, -0.05) is 17.7 Å². The zero-order chi connectivity index (χ0) is 12.3. The minimum atomic E-state index is -0.0712. The molecule has 2 heteroatoms. The van der Waals surface area contributed by atoms with Crippen LogP contribution in [0.15, 0.2) is 18.2 Å². The van der Waals surface area contributed by atoms with E-state index in [1.165, 1.54) is 12.8 Å².